The molecule has 6 N–H and O–H groups in total. The first-order chi connectivity index (χ1) is 23.1. The van der Waals surface area contributed by atoms with Crippen LogP contribution in [0.3, 0.4) is 0 Å². The quantitative estimate of drug-likeness (QED) is 0.108. The SMILES string of the molecule is CO[C@@H]1[C@@H](NC(=O)c2ccc(C)[nH]2)[C@@H](O)[C@H](Oc2ccc3c(O)c(NC(=O)c4ccc(O)c(CC=C(C)C)c4)c(=O)oc3c2C)OC1(C)C. The number of carbonyl (C=O) groups excluding carboxylic acids is 2. The number of hydrogen-bond acceptors (Lipinski definition) is 10. The van der Waals surface area contributed by atoms with Gasteiger partial charge in [-0.1, -0.05) is 11.6 Å². The number of H-pyrrole nitrogens is 1. The molecule has 2 amide bonds. The molecular formula is C36H41N3O10. The van der Waals surface area contributed by atoms with Gasteiger partial charge in [-0.25, -0.2) is 4.79 Å². The van der Waals surface area contributed by atoms with Gasteiger partial charge in [0.2, 0.25) is 6.29 Å². The van der Waals surface area contributed by atoms with E-state index in [0.29, 0.717) is 23.2 Å². The van der Waals surface area contributed by atoms with Crippen LogP contribution in [0.15, 0.2) is 63.3 Å². The highest BCUT2D eigenvalue weighted by Gasteiger charge is 2.52. The molecule has 2 aromatic heterocycles. The number of aryl methyl sites for hydroxylation is 2. The molecule has 260 valence electrons. The van der Waals surface area contributed by atoms with Crippen molar-refractivity contribution in [3.63, 3.8) is 0 Å². The van der Waals surface area contributed by atoms with Crippen LogP contribution in [0.4, 0.5) is 5.69 Å². The molecule has 5 rings (SSSR count). The molecule has 13 heteroatoms. The third kappa shape index (κ3) is 7.19. The highest BCUT2D eigenvalue weighted by atomic mass is 16.7. The Morgan fingerprint density at radius 1 is 1.06 bits per heavy atom. The van der Waals surface area contributed by atoms with E-state index in [2.05, 4.69) is 15.6 Å². The van der Waals surface area contributed by atoms with Crippen LogP contribution in [0.5, 0.6) is 17.2 Å². The van der Waals surface area contributed by atoms with E-state index in [0.717, 1.165) is 11.3 Å². The van der Waals surface area contributed by atoms with Gasteiger partial charge in [-0.15, -0.1) is 0 Å². The molecule has 4 atom stereocenters. The summed E-state index contributed by atoms with van der Waals surface area (Å²) in [6, 6.07) is 9.68. The summed E-state index contributed by atoms with van der Waals surface area (Å²) in [5.41, 5.74) is 0.607. The minimum Gasteiger partial charge on any atom is -0.508 e. The van der Waals surface area contributed by atoms with Crippen molar-refractivity contribution in [3.8, 4) is 17.2 Å². The van der Waals surface area contributed by atoms with Crippen molar-refractivity contribution in [1.29, 1.82) is 0 Å². The van der Waals surface area contributed by atoms with E-state index in [1.54, 1.807) is 32.9 Å². The van der Waals surface area contributed by atoms with E-state index < -0.39 is 59.0 Å². The Labute approximate surface area is 282 Å². The zero-order valence-electron chi connectivity index (χ0n) is 28.3. The van der Waals surface area contributed by atoms with Crippen LogP contribution in [0.2, 0.25) is 0 Å². The Bertz CT molecular complexity index is 1990. The number of rotatable bonds is 9. The second-order valence-corrected chi connectivity index (χ2v) is 12.9. The lowest BCUT2D eigenvalue weighted by Gasteiger charge is -2.48. The van der Waals surface area contributed by atoms with Crippen LogP contribution in [-0.4, -0.2) is 69.4 Å². The molecule has 0 saturated carbocycles. The number of hydrogen-bond donors (Lipinski definition) is 6. The summed E-state index contributed by atoms with van der Waals surface area (Å²) in [5.74, 6) is -1.47. The number of amides is 2. The van der Waals surface area contributed by atoms with Gasteiger partial charge in [-0.3, -0.25) is 9.59 Å². The lowest BCUT2D eigenvalue weighted by molar-refractivity contribution is -0.281. The van der Waals surface area contributed by atoms with E-state index >= 15 is 0 Å². The molecule has 0 aliphatic carbocycles. The van der Waals surface area contributed by atoms with E-state index in [1.807, 2.05) is 26.8 Å². The zero-order valence-corrected chi connectivity index (χ0v) is 28.3. The predicted molar refractivity (Wildman–Crippen MR) is 181 cm³/mol. The van der Waals surface area contributed by atoms with Gasteiger partial charge in [0, 0.05) is 23.9 Å². The number of allylic oxidation sites excluding steroid dienone is 2. The van der Waals surface area contributed by atoms with E-state index in [-0.39, 0.29) is 28.0 Å². The van der Waals surface area contributed by atoms with Gasteiger partial charge < -0.3 is 49.6 Å². The monoisotopic (exact) mass is 675 g/mol. The van der Waals surface area contributed by atoms with Crippen LogP contribution in [0, 0.1) is 13.8 Å². The summed E-state index contributed by atoms with van der Waals surface area (Å²) in [5, 5.41) is 38.1. The number of phenols is 1. The Hall–Kier alpha value is -5.11. The second kappa shape index (κ2) is 13.8. The van der Waals surface area contributed by atoms with Crippen molar-refractivity contribution < 1.29 is 43.5 Å². The second-order valence-electron chi connectivity index (χ2n) is 12.9. The first kappa shape index (κ1) is 35.2. The number of carbonyl (C=O) groups is 2. The zero-order chi connectivity index (χ0) is 35.8. The molecule has 0 unspecified atom stereocenters. The molecule has 0 bridgehead atoms. The summed E-state index contributed by atoms with van der Waals surface area (Å²) >= 11 is 0. The number of benzene rings is 2. The normalized spacial score (nSPS) is 20.1. The van der Waals surface area contributed by atoms with Gasteiger partial charge in [0.15, 0.2) is 11.4 Å². The highest BCUT2D eigenvalue weighted by molar-refractivity contribution is 6.06. The fourth-order valence-corrected chi connectivity index (χ4v) is 5.89. The Kier molecular flexibility index (Phi) is 9.90. The molecule has 1 aliphatic heterocycles. The Morgan fingerprint density at radius 2 is 1.80 bits per heavy atom. The minimum atomic E-state index is -1.39. The van der Waals surface area contributed by atoms with Crippen LogP contribution < -0.4 is 21.0 Å². The number of aromatic nitrogens is 1. The Morgan fingerprint density at radius 3 is 2.45 bits per heavy atom. The number of aliphatic hydroxyl groups is 1. The number of fused-ring (bicyclic) bond motifs is 1. The summed E-state index contributed by atoms with van der Waals surface area (Å²) in [7, 11) is 1.45. The average Bonchev–Trinajstić information content (AvgIpc) is 3.48. The number of aliphatic hydroxyl groups excluding tert-OH is 1. The lowest BCUT2D eigenvalue weighted by atomic mass is 9.87. The van der Waals surface area contributed by atoms with Crippen molar-refractivity contribution in [2.45, 2.75) is 78.1 Å². The van der Waals surface area contributed by atoms with Crippen molar-refractivity contribution in [3.05, 3.63) is 92.6 Å². The third-order valence-corrected chi connectivity index (χ3v) is 8.51. The molecule has 0 radical (unpaired) electrons. The van der Waals surface area contributed by atoms with Crippen molar-refractivity contribution in [1.82, 2.24) is 10.3 Å². The minimum absolute atomic E-state index is 0.0158. The predicted octanol–water partition coefficient (Wildman–Crippen LogP) is 4.60. The summed E-state index contributed by atoms with van der Waals surface area (Å²) in [6.07, 6.45) is -1.14. The number of aromatic amines is 1. The standard InChI is InChI=1S/C36H41N3O10/c1-17(2)8-10-20-16-21(11-14-24(20)40)32(43)39-27-28(41)22-12-15-25(19(4)30(22)48-34(27)45)47-35-29(42)26(31(46-7)36(5,6)49-35)38-33(44)23-13-9-18(3)37-23/h8-9,11-16,26,29,31,35,37,40-42H,10H2,1-7H3,(H,38,44)(H,39,43)/t26-,29+,31+,35+/m0/s1. The number of anilines is 1. The molecule has 49 heavy (non-hydrogen) atoms. The topological polar surface area (TPSA) is 193 Å². The smallest absolute Gasteiger partial charge is 0.364 e. The van der Waals surface area contributed by atoms with Gasteiger partial charge in [-0.2, -0.15) is 0 Å². The molecular weight excluding hydrogens is 634 g/mol. The van der Waals surface area contributed by atoms with Gasteiger partial charge in [0.25, 0.3) is 11.8 Å². The van der Waals surface area contributed by atoms with Crippen molar-refractivity contribution in [2.24, 2.45) is 0 Å². The van der Waals surface area contributed by atoms with E-state index in [4.69, 9.17) is 18.6 Å². The summed E-state index contributed by atoms with van der Waals surface area (Å²) in [4.78, 5) is 42.2. The van der Waals surface area contributed by atoms with Gasteiger partial charge in [0.1, 0.15) is 35.0 Å². The van der Waals surface area contributed by atoms with Crippen LogP contribution in [-0.2, 0) is 15.9 Å². The van der Waals surface area contributed by atoms with Gasteiger partial charge >= 0.3 is 5.63 Å². The maximum absolute atomic E-state index is 13.1. The third-order valence-electron chi connectivity index (χ3n) is 8.51. The van der Waals surface area contributed by atoms with Crippen molar-refractivity contribution >= 4 is 28.5 Å². The first-order valence-corrected chi connectivity index (χ1v) is 15.7. The molecule has 2 aromatic carbocycles. The summed E-state index contributed by atoms with van der Waals surface area (Å²) < 4.78 is 23.4. The van der Waals surface area contributed by atoms with Crippen LogP contribution in [0.25, 0.3) is 11.0 Å². The number of phenolic OH excluding ortho intramolecular Hbond substituents is 1. The molecule has 0 spiro atoms. The number of ether oxygens (including phenoxy) is 3. The van der Waals surface area contributed by atoms with E-state index in [9.17, 15) is 29.7 Å². The highest BCUT2D eigenvalue weighted by Crippen LogP contribution is 2.38. The maximum Gasteiger partial charge on any atom is 0.364 e. The molecule has 1 fully saturated rings. The molecule has 4 aromatic rings. The number of nitrogens with one attached hydrogen (secondary N) is 3. The van der Waals surface area contributed by atoms with Crippen LogP contribution >= 0.6 is 0 Å². The largest absolute Gasteiger partial charge is 0.508 e. The van der Waals surface area contributed by atoms with E-state index in [1.165, 1.54) is 37.4 Å². The van der Waals surface area contributed by atoms with Crippen molar-refractivity contribution in [2.75, 3.05) is 12.4 Å². The fourth-order valence-electron chi connectivity index (χ4n) is 5.89. The first-order valence-electron chi connectivity index (χ1n) is 15.7. The molecule has 1 aliphatic rings. The van der Waals surface area contributed by atoms with Gasteiger partial charge in [0.05, 0.1) is 17.0 Å². The molecule has 13 nitrogen and oxygen atoms in total. The van der Waals surface area contributed by atoms with Gasteiger partial charge in [-0.05, 0) is 96.0 Å². The summed E-state index contributed by atoms with van der Waals surface area (Å²) in [6.45, 7) is 10.7. The van der Waals surface area contributed by atoms with Crippen LogP contribution in [0.1, 0.15) is 65.4 Å². The number of aromatic hydroxyl groups is 2. The number of methoxy groups -OCH3 is 1. The maximum atomic E-state index is 13.1. The molecule has 3 heterocycles. The Balaban J connectivity index is 1.40. The molecule has 1 saturated heterocycles. The fraction of sp³-hybridized carbons (Fsp3) is 0.361. The lowest BCUT2D eigenvalue weighted by Crippen LogP contribution is -2.68. The average molecular weight is 676 g/mol.